The Morgan fingerprint density at radius 3 is 2.69 bits per heavy atom. The second-order valence-electron chi connectivity index (χ2n) is 4.72. The molecule has 1 aliphatic rings. The van der Waals surface area contributed by atoms with Crippen LogP contribution in [0.5, 0.6) is 0 Å². The summed E-state index contributed by atoms with van der Waals surface area (Å²) < 4.78 is 0. The summed E-state index contributed by atoms with van der Waals surface area (Å²) in [5, 5.41) is 3.47. The fourth-order valence-corrected chi connectivity index (χ4v) is 2.17. The van der Waals surface area contributed by atoms with Crippen molar-refractivity contribution >= 4 is 0 Å². The molecule has 0 bridgehead atoms. The molecule has 2 rings (SSSR count). The lowest BCUT2D eigenvalue weighted by Crippen LogP contribution is -2.35. The highest BCUT2D eigenvalue weighted by Gasteiger charge is 2.07. The molecule has 88 valence electrons. The molecule has 2 nitrogen and oxygen atoms in total. The summed E-state index contributed by atoms with van der Waals surface area (Å²) in [5.74, 6) is 0. The average molecular weight is 218 g/mol. The van der Waals surface area contributed by atoms with Gasteiger partial charge in [0.15, 0.2) is 0 Å². The van der Waals surface area contributed by atoms with Crippen LogP contribution >= 0.6 is 0 Å². The van der Waals surface area contributed by atoms with E-state index in [1.807, 2.05) is 0 Å². The van der Waals surface area contributed by atoms with Gasteiger partial charge in [0.2, 0.25) is 0 Å². The number of nitrogens with one attached hydrogen (secondary N) is 1. The SMILES string of the molecule is Cc1ccc(CN2CCCCNCC2)cc1. The van der Waals surface area contributed by atoms with Gasteiger partial charge in [0.25, 0.3) is 0 Å². The topological polar surface area (TPSA) is 15.3 Å². The predicted molar refractivity (Wildman–Crippen MR) is 68.6 cm³/mol. The minimum Gasteiger partial charge on any atom is -0.315 e. The fraction of sp³-hybridized carbons (Fsp3) is 0.571. The van der Waals surface area contributed by atoms with Crippen LogP contribution in [0.2, 0.25) is 0 Å². The van der Waals surface area contributed by atoms with Crippen LogP contribution in [-0.4, -0.2) is 31.1 Å². The first-order chi connectivity index (χ1) is 7.84. The minimum atomic E-state index is 1.10. The van der Waals surface area contributed by atoms with E-state index in [1.54, 1.807) is 0 Å². The van der Waals surface area contributed by atoms with Gasteiger partial charge in [-0.15, -0.1) is 0 Å². The third-order valence-corrected chi connectivity index (χ3v) is 3.21. The van der Waals surface area contributed by atoms with E-state index in [4.69, 9.17) is 0 Å². The number of hydrogen-bond donors (Lipinski definition) is 1. The molecule has 0 unspecified atom stereocenters. The molecule has 0 amide bonds. The van der Waals surface area contributed by atoms with Crippen molar-refractivity contribution < 1.29 is 0 Å². The Morgan fingerprint density at radius 2 is 1.88 bits per heavy atom. The van der Waals surface area contributed by atoms with Crippen molar-refractivity contribution in [3.63, 3.8) is 0 Å². The Balaban J connectivity index is 1.89. The summed E-state index contributed by atoms with van der Waals surface area (Å²) in [6.07, 6.45) is 2.63. The van der Waals surface area contributed by atoms with Crippen LogP contribution in [0.15, 0.2) is 24.3 Å². The van der Waals surface area contributed by atoms with E-state index < -0.39 is 0 Å². The Bertz CT molecular complexity index is 297. The van der Waals surface area contributed by atoms with Crippen LogP contribution in [0.25, 0.3) is 0 Å². The number of hydrogen-bond acceptors (Lipinski definition) is 2. The third kappa shape index (κ3) is 3.62. The molecule has 2 heteroatoms. The molecule has 16 heavy (non-hydrogen) atoms. The fourth-order valence-electron chi connectivity index (χ4n) is 2.17. The van der Waals surface area contributed by atoms with Gasteiger partial charge in [-0.2, -0.15) is 0 Å². The number of rotatable bonds is 2. The molecule has 0 aliphatic carbocycles. The standard InChI is InChI=1S/C14H22N2/c1-13-4-6-14(7-5-13)12-16-10-3-2-8-15-9-11-16/h4-7,15H,2-3,8-12H2,1H3. The first kappa shape index (κ1) is 11.6. The Morgan fingerprint density at radius 1 is 1.06 bits per heavy atom. The summed E-state index contributed by atoms with van der Waals surface area (Å²) in [5.41, 5.74) is 2.78. The molecule has 0 radical (unpaired) electrons. The molecule has 1 aromatic rings. The normalized spacial score (nSPS) is 19.1. The molecule has 1 N–H and O–H groups in total. The Kier molecular flexibility index (Phi) is 4.37. The predicted octanol–water partition coefficient (Wildman–Crippen LogP) is 2.18. The Labute approximate surface area is 98.7 Å². The van der Waals surface area contributed by atoms with E-state index in [0.29, 0.717) is 0 Å². The lowest BCUT2D eigenvalue weighted by atomic mass is 10.1. The minimum absolute atomic E-state index is 1.10. The highest BCUT2D eigenvalue weighted by molar-refractivity contribution is 5.21. The summed E-state index contributed by atoms with van der Waals surface area (Å²) in [4.78, 5) is 2.55. The van der Waals surface area contributed by atoms with Gasteiger partial charge in [0, 0.05) is 19.6 Å². The van der Waals surface area contributed by atoms with Gasteiger partial charge in [-0.25, -0.2) is 0 Å². The second kappa shape index (κ2) is 6.02. The van der Waals surface area contributed by atoms with Crippen molar-refractivity contribution in [2.45, 2.75) is 26.3 Å². The van der Waals surface area contributed by atoms with Crippen molar-refractivity contribution in [2.24, 2.45) is 0 Å². The van der Waals surface area contributed by atoms with E-state index in [-0.39, 0.29) is 0 Å². The lowest BCUT2D eigenvalue weighted by Gasteiger charge is -2.25. The second-order valence-corrected chi connectivity index (χ2v) is 4.72. The first-order valence-corrected chi connectivity index (χ1v) is 6.33. The molecular weight excluding hydrogens is 196 g/mol. The van der Waals surface area contributed by atoms with Gasteiger partial charge in [0.1, 0.15) is 0 Å². The number of nitrogens with zero attached hydrogens (tertiary/aromatic N) is 1. The highest BCUT2D eigenvalue weighted by Crippen LogP contribution is 2.08. The maximum absolute atomic E-state index is 3.47. The van der Waals surface area contributed by atoms with Crippen molar-refractivity contribution in [2.75, 3.05) is 26.2 Å². The molecule has 1 fully saturated rings. The average Bonchev–Trinajstić information content (AvgIpc) is 2.25. The summed E-state index contributed by atoms with van der Waals surface area (Å²) in [6, 6.07) is 8.91. The molecule has 1 aromatic carbocycles. The van der Waals surface area contributed by atoms with Gasteiger partial charge in [0.05, 0.1) is 0 Å². The monoisotopic (exact) mass is 218 g/mol. The largest absolute Gasteiger partial charge is 0.315 e. The number of benzene rings is 1. The zero-order valence-electron chi connectivity index (χ0n) is 10.2. The van der Waals surface area contributed by atoms with Crippen LogP contribution in [0.3, 0.4) is 0 Å². The molecule has 1 saturated heterocycles. The van der Waals surface area contributed by atoms with E-state index in [1.165, 1.54) is 43.6 Å². The number of aryl methyl sites for hydroxylation is 1. The maximum Gasteiger partial charge on any atom is 0.0234 e. The van der Waals surface area contributed by atoms with Crippen LogP contribution < -0.4 is 5.32 Å². The molecule has 0 aromatic heterocycles. The quantitative estimate of drug-likeness (QED) is 0.818. The Hall–Kier alpha value is -0.860. The van der Waals surface area contributed by atoms with Gasteiger partial charge in [-0.1, -0.05) is 29.8 Å². The van der Waals surface area contributed by atoms with Crippen molar-refractivity contribution in [3.05, 3.63) is 35.4 Å². The van der Waals surface area contributed by atoms with Gasteiger partial charge >= 0.3 is 0 Å². The molecule has 1 aliphatic heterocycles. The zero-order chi connectivity index (χ0) is 11.2. The van der Waals surface area contributed by atoms with Crippen molar-refractivity contribution in [3.8, 4) is 0 Å². The summed E-state index contributed by atoms with van der Waals surface area (Å²) in [6.45, 7) is 7.99. The lowest BCUT2D eigenvalue weighted by molar-refractivity contribution is 0.247. The molecule has 0 spiro atoms. The summed E-state index contributed by atoms with van der Waals surface area (Å²) >= 11 is 0. The summed E-state index contributed by atoms with van der Waals surface area (Å²) in [7, 11) is 0. The van der Waals surface area contributed by atoms with Crippen LogP contribution in [-0.2, 0) is 6.54 Å². The van der Waals surface area contributed by atoms with Crippen molar-refractivity contribution in [1.82, 2.24) is 10.2 Å². The third-order valence-electron chi connectivity index (χ3n) is 3.21. The van der Waals surface area contributed by atoms with E-state index in [9.17, 15) is 0 Å². The van der Waals surface area contributed by atoms with E-state index in [2.05, 4.69) is 41.4 Å². The van der Waals surface area contributed by atoms with Crippen molar-refractivity contribution in [1.29, 1.82) is 0 Å². The van der Waals surface area contributed by atoms with Crippen LogP contribution in [0, 0.1) is 6.92 Å². The maximum atomic E-state index is 3.47. The van der Waals surface area contributed by atoms with Crippen LogP contribution in [0.4, 0.5) is 0 Å². The molecule has 0 saturated carbocycles. The molecule has 0 atom stereocenters. The van der Waals surface area contributed by atoms with E-state index in [0.717, 1.165) is 13.1 Å². The van der Waals surface area contributed by atoms with Gasteiger partial charge in [-0.05, 0) is 38.4 Å². The van der Waals surface area contributed by atoms with Crippen LogP contribution in [0.1, 0.15) is 24.0 Å². The smallest absolute Gasteiger partial charge is 0.0234 e. The zero-order valence-corrected chi connectivity index (χ0v) is 10.2. The van der Waals surface area contributed by atoms with Gasteiger partial charge in [-0.3, -0.25) is 4.90 Å². The van der Waals surface area contributed by atoms with Gasteiger partial charge < -0.3 is 5.32 Å². The van der Waals surface area contributed by atoms with E-state index >= 15 is 0 Å². The molecule has 1 heterocycles. The highest BCUT2D eigenvalue weighted by atomic mass is 15.1. The molecular formula is C14H22N2. The first-order valence-electron chi connectivity index (χ1n) is 6.33.